The van der Waals surface area contributed by atoms with Crippen molar-refractivity contribution in [2.24, 2.45) is 0 Å². The maximum atomic E-state index is 12.9. The Hall–Kier alpha value is -1.35. The largest absolute Gasteiger partial charge is 0.494 e. The molecule has 1 aromatic rings. The molecule has 0 saturated carbocycles. The van der Waals surface area contributed by atoms with Gasteiger partial charge in [-0.2, -0.15) is 0 Å². The van der Waals surface area contributed by atoms with E-state index >= 15 is 0 Å². The first-order valence-electron chi connectivity index (χ1n) is 8.00. The van der Waals surface area contributed by atoms with Crippen molar-refractivity contribution in [3.8, 4) is 5.75 Å². The minimum atomic E-state index is -3.89. The summed E-state index contributed by atoms with van der Waals surface area (Å²) in [5.41, 5.74) is 0.110. The zero-order chi connectivity index (χ0) is 18.8. The van der Waals surface area contributed by atoms with E-state index in [0.717, 1.165) is 6.54 Å². The number of piperidine rings is 1. The highest BCUT2D eigenvalue weighted by Crippen LogP contribution is 2.33. The Kier molecular flexibility index (Phi) is 6.31. The van der Waals surface area contributed by atoms with Crippen molar-refractivity contribution >= 4 is 27.5 Å². The molecule has 1 aliphatic heterocycles. The Morgan fingerprint density at radius 1 is 1.40 bits per heavy atom. The van der Waals surface area contributed by atoms with Crippen LogP contribution >= 0.6 is 11.6 Å². The Morgan fingerprint density at radius 2 is 2.08 bits per heavy atom. The summed E-state index contributed by atoms with van der Waals surface area (Å²) < 4.78 is 33.7. The van der Waals surface area contributed by atoms with E-state index in [2.05, 4.69) is 10.0 Å². The van der Waals surface area contributed by atoms with E-state index in [1.807, 2.05) is 6.92 Å². The van der Waals surface area contributed by atoms with E-state index in [4.69, 9.17) is 16.3 Å². The van der Waals surface area contributed by atoms with Crippen molar-refractivity contribution in [2.45, 2.75) is 36.7 Å². The summed E-state index contributed by atoms with van der Waals surface area (Å²) in [6.45, 7) is 2.75. The van der Waals surface area contributed by atoms with Crippen molar-refractivity contribution in [1.82, 2.24) is 14.9 Å². The van der Waals surface area contributed by atoms with Gasteiger partial charge in [-0.25, -0.2) is 13.1 Å². The molecule has 0 bridgehead atoms. The molecule has 1 aromatic carbocycles. The van der Waals surface area contributed by atoms with Crippen molar-refractivity contribution in [3.63, 3.8) is 0 Å². The van der Waals surface area contributed by atoms with Gasteiger partial charge >= 0.3 is 0 Å². The molecule has 2 N–H and O–H groups in total. The number of hydrogen-bond acceptors (Lipinski definition) is 5. The van der Waals surface area contributed by atoms with Gasteiger partial charge in [-0.15, -0.1) is 0 Å². The molecule has 1 fully saturated rings. The van der Waals surface area contributed by atoms with E-state index in [-0.39, 0.29) is 39.2 Å². The summed E-state index contributed by atoms with van der Waals surface area (Å²) in [6, 6.07) is 2.76. The second-order valence-electron chi connectivity index (χ2n) is 6.38. The number of carbonyl (C=O) groups is 1. The van der Waals surface area contributed by atoms with Crippen molar-refractivity contribution in [3.05, 3.63) is 22.7 Å². The highest BCUT2D eigenvalue weighted by Gasteiger charge is 2.30. The first-order chi connectivity index (χ1) is 11.7. The summed E-state index contributed by atoms with van der Waals surface area (Å²) in [6.07, 6.45) is 1.38. The number of amides is 1. The number of ether oxygens (including phenoxy) is 1. The van der Waals surface area contributed by atoms with Gasteiger partial charge in [0.1, 0.15) is 4.90 Å². The summed E-state index contributed by atoms with van der Waals surface area (Å²) in [7, 11) is 0.596. The zero-order valence-electron chi connectivity index (χ0n) is 14.8. The fourth-order valence-electron chi connectivity index (χ4n) is 2.90. The fourth-order valence-corrected chi connectivity index (χ4v) is 4.68. The molecule has 2 unspecified atom stereocenters. The third-order valence-electron chi connectivity index (χ3n) is 4.10. The number of methoxy groups -OCH3 is 1. The summed E-state index contributed by atoms with van der Waals surface area (Å²) in [4.78, 5) is 13.6. The van der Waals surface area contributed by atoms with Gasteiger partial charge in [-0.3, -0.25) is 4.79 Å². The van der Waals surface area contributed by atoms with E-state index in [9.17, 15) is 13.2 Å². The molecule has 1 amide bonds. The van der Waals surface area contributed by atoms with E-state index in [1.165, 1.54) is 24.1 Å². The van der Waals surface area contributed by atoms with Crippen molar-refractivity contribution < 1.29 is 17.9 Å². The summed E-state index contributed by atoms with van der Waals surface area (Å²) in [5.74, 6) is -0.385. The second kappa shape index (κ2) is 7.90. The smallest absolute Gasteiger partial charge is 0.257 e. The predicted octanol–water partition coefficient (Wildman–Crippen LogP) is 1.47. The Morgan fingerprint density at radius 3 is 2.64 bits per heavy atom. The van der Waals surface area contributed by atoms with Gasteiger partial charge in [0.05, 0.1) is 12.7 Å². The Labute approximate surface area is 153 Å². The molecule has 25 heavy (non-hydrogen) atoms. The SMILES string of the molecule is COc1c(C(=O)N(C)C)cc(Cl)cc1S(=O)(=O)NC1CCNC(C)C1. The first kappa shape index (κ1) is 20.0. The summed E-state index contributed by atoms with van der Waals surface area (Å²) >= 11 is 6.07. The quantitative estimate of drug-likeness (QED) is 0.796. The molecule has 0 radical (unpaired) electrons. The molecule has 0 aromatic heterocycles. The molecule has 140 valence electrons. The Balaban J connectivity index is 2.44. The van der Waals surface area contributed by atoms with Crippen LogP contribution < -0.4 is 14.8 Å². The van der Waals surface area contributed by atoms with Crippen LogP contribution in [0.25, 0.3) is 0 Å². The van der Waals surface area contributed by atoms with E-state index in [1.54, 1.807) is 14.1 Å². The Bertz CT molecular complexity index is 752. The molecule has 7 nitrogen and oxygen atoms in total. The van der Waals surface area contributed by atoms with Gasteiger partial charge < -0.3 is 15.0 Å². The predicted molar refractivity (Wildman–Crippen MR) is 96.8 cm³/mol. The molecule has 1 aliphatic rings. The van der Waals surface area contributed by atoms with Crippen molar-refractivity contribution in [2.75, 3.05) is 27.7 Å². The molecule has 1 saturated heterocycles. The number of benzene rings is 1. The molecule has 9 heteroatoms. The van der Waals surface area contributed by atoms with Gasteiger partial charge in [0, 0.05) is 31.2 Å². The lowest BCUT2D eigenvalue weighted by atomic mass is 10.0. The van der Waals surface area contributed by atoms with Crippen LogP contribution in [0.4, 0.5) is 0 Å². The lowest BCUT2D eigenvalue weighted by molar-refractivity contribution is 0.0824. The lowest BCUT2D eigenvalue weighted by Gasteiger charge is -2.28. The third kappa shape index (κ3) is 4.63. The number of nitrogens with zero attached hydrogens (tertiary/aromatic N) is 1. The van der Waals surface area contributed by atoms with Gasteiger partial charge in [0.15, 0.2) is 5.75 Å². The highest BCUT2D eigenvalue weighted by atomic mass is 35.5. The molecule has 1 heterocycles. The monoisotopic (exact) mass is 389 g/mol. The molecular weight excluding hydrogens is 366 g/mol. The lowest BCUT2D eigenvalue weighted by Crippen LogP contribution is -2.46. The van der Waals surface area contributed by atoms with Crippen LogP contribution in [0.5, 0.6) is 5.75 Å². The van der Waals surface area contributed by atoms with Crippen LogP contribution in [-0.2, 0) is 10.0 Å². The number of nitrogens with one attached hydrogen (secondary N) is 2. The van der Waals surface area contributed by atoms with Crippen LogP contribution in [0.3, 0.4) is 0 Å². The maximum absolute atomic E-state index is 12.9. The van der Waals surface area contributed by atoms with Crippen LogP contribution in [0.2, 0.25) is 5.02 Å². The van der Waals surface area contributed by atoms with Crippen LogP contribution in [0.1, 0.15) is 30.1 Å². The number of hydrogen-bond donors (Lipinski definition) is 2. The normalized spacial score (nSPS) is 21.0. The number of rotatable bonds is 5. The van der Waals surface area contributed by atoms with Gasteiger partial charge in [0.2, 0.25) is 10.0 Å². The minimum absolute atomic E-state index is 0.00224. The molecule has 0 spiro atoms. The van der Waals surface area contributed by atoms with Gasteiger partial charge in [-0.05, 0) is 38.4 Å². The second-order valence-corrected chi connectivity index (χ2v) is 8.50. The molecule has 0 aliphatic carbocycles. The number of halogens is 1. The van der Waals surface area contributed by atoms with E-state index in [0.29, 0.717) is 12.8 Å². The zero-order valence-corrected chi connectivity index (χ0v) is 16.4. The van der Waals surface area contributed by atoms with E-state index < -0.39 is 10.0 Å². The first-order valence-corrected chi connectivity index (χ1v) is 9.86. The maximum Gasteiger partial charge on any atom is 0.257 e. The average molecular weight is 390 g/mol. The standard InChI is InChI=1S/C16H24ClN3O4S/c1-10-7-12(5-6-18-10)19-25(22,23)14-9-11(17)8-13(15(14)24-4)16(21)20(2)3/h8-10,12,18-19H,5-7H2,1-4H3. The molecular formula is C16H24ClN3O4S. The minimum Gasteiger partial charge on any atom is -0.494 e. The number of carbonyl (C=O) groups excluding carboxylic acids is 1. The average Bonchev–Trinajstić information content (AvgIpc) is 2.52. The fraction of sp³-hybridized carbons (Fsp3) is 0.562. The van der Waals surface area contributed by atoms with Crippen LogP contribution in [0.15, 0.2) is 17.0 Å². The van der Waals surface area contributed by atoms with Crippen molar-refractivity contribution in [1.29, 1.82) is 0 Å². The number of sulfonamides is 1. The van der Waals surface area contributed by atoms with Crippen LogP contribution in [0, 0.1) is 0 Å². The van der Waals surface area contributed by atoms with Gasteiger partial charge in [0.25, 0.3) is 5.91 Å². The summed E-state index contributed by atoms with van der Waals surface area (Å²) in [5, 5.41) is 3.43. The molecule has 2 atom stereocenters. The third-order valence-corrected chi connectivity index (χ3v) is 5.84. The topological polar surface area (TPSA) is 87.7 Å². The van der Waals surface area contributed by atoms with Gasteiger partial charge in [-0.1, -0.05) is 11.6 Å². The molecule has 2 rings (SSSR count). The highest BCUT2D eigenvalue weighted by molar-refractivity contribution is 7.89. The van der Waals surface area contributed by atoms with Crippen LogP contribution in [-0.4, -0.2) is 59.1 Å².